The number of amides is 1. The lowest BCUT2D eigenvalue weighted by Gasteiger charge is -2.22. The minimum Gasteiger partial charge on any atom is -0.496 e. The van der Waals surface area contributed by atoms with E-state index in [9.17, 15) is 4.79 Å². The fraction of sp³-hybridized carbons (Fsp3) is 0.438. The summed E-state index contributed by atoms with van der Waals surface area (Å²) < 4.78 is 11.2. The second kappa shape index (κ2) is 8.23. The van der Waals surface area contributed by atoms with E-state index in [1.54, 1.807) is 14.0 Å². The van der Waals surface area contributed by atoms with Crippen LogP contribution in [0.25, 0.3) is 0 Å². The molecule has 108 valence electrons. The highest BCUT2D eigenvalue weighted by Crippen LogP contribution is 2.27. The zero-order chi connectivity index (χ0) is 15.0. The van der Waals surface area contributed by atoms with Crippen LogP contribution in [0.3, 0.4) is 0 Å². The largest absolute Gasteiger partial charge is 0.496 e. The summed E-state index contributed by atoms with van der Waals surface area (Å²) in [5.41, 5.74) is 0.911. The van der Waals surface area contributed by atoms with Crippen molar-refractivity contribution < 1.29 is 14.3 Å². The third-order valence-electron chi connectivity index (χ3n) is 2.61. The maximum Gasteiger partial charge on any atom is 0.295 e. The van der Waals surface area contributed by atoms with Gasteiger partial charge in [-0.3, -0.25) is 4.79 Å². The number of hydrogen-bond donors (Lipinski definition) is 1. The van der Waals surface area contributed by atoms with E-state index in [-0.39, 0.29) is 18.1 Å². The van der Waals surface area contributed by atoms with Gasteiger partial charge in [0.15, 0.2) is 0 Å². The molecule has 0 aromatic heterocycles. The topological polar surface area (TPSA) is 47.6 Å². The first-order valence-corrected chi connectivity index (χ1v) is 6.57. The molecule has 1 atom stereocenters. The fourth-order valence-corrected chi connectivity index (χ4v) is 1.84. The van der Waals surface area contributed by atoms with Gasteiger partial charge in [0.1, 0.15) is 11.9 Å². The Morgan fingerprint density at radius 2 is 2.05 bits per heavy atom. The van der Waals surface area contributed by atoms with Crippen molar-refractivity contribution >= 4 is 5.91 Å². The van der Waals surface area contributed by atoms with E-state index >= 15 is 0 Å². The highest BCUT2D eigenvalue weighted by molar-refractivity contribution is 5.93. The normalized spacial score (nSPS) is 11.4. The van der Waals surface area contributed by atoms with Crippen molar-refractivity contribution in [3.05, 3.63) is 29.8 Å². The molecule has 0 radical (unpaired) electrons. The lowest BCUT2D eigenvalue weighted by molar-refractivity contribution is -0.116. The Hall–Kier alpha value is -1.99. The molecule has 1 unspecified atom stereocenters. The van der Waals surface area contributed by atoms with Crippen molar-refractivity contribution in [3.63, 3.8) is 0 Å². The number of methoxy groups -OCH3 is 1. The molecule has 0 bridgehead atoms. The third kappa shape index (κ3) is 4.94. The molecule has 0 saturated carbocycles. The minimum absolute atomic E-state index is 0.0408. The lowest BCUT2D eigenvalue weighted by atomic mass is 10.1. The Morgan fingerprint density at radius 1 is 1.35 bits per heavy atom. The molecule has 0 fully saturated rings. The molecule has 20 heavy (non-hydrogen) atoms. The smallest absolute Gasteiger partial charge is 0.295 e. The predicted molar refractivity (Wildman–Crippen MR) is 78.4 cm³/mol. The maximum absolute atomic E-state index is 11.4. The second-order valence-electron chi connectivity index (χ2n) is 4.50. The number of ether oxygens (including phenoxy) is 2. The molecule has 1 rings (SSSR count). The summed E-state index contributed by atoms with van der Waals surface area (Å²) in [6.07, 6.45) is -0.229. The van der Waals surface area contributed by atoms with Crippen molar-refractivity contribution in [1.29, 1.82) is 0 Å². The van der Waals surface area contributed by atoms with Crippen LogP contribution in [0.4, 0.5) is 0 Å². The first kappa shape index (κ1) is 16.1. The molecule has 0 heterocycles. The number of hydrogen-bond acceptors (Lipinski definition) is 3. The monoisotopic (exact) mass is 275 g/mol. The van der Waals surface area contributed by atoms with E-state index in [2.05, 4.69) is 17.2 Å². The minimum atomic E-state index is -0.306. The van der Waals surface area contributed by atoms with E-state index in [4.69, 9.17) is 9.47 Å². The number of rotatable bonds is 6. The van der Waals surface area contributed by atoms with Gasteiger partial charge in [-0.25, -0.2) is 0 Å². The summed E-state index contributed by atoms with van der Waals surface area (Å²) in [6, 6.07) is 7.63. The Kier molecular flexibility index (Phi) is 6.61. The summed E-state index contributed by atoms with van der Waals surface area (Å²) >= 11 is 0. The SMILES string of the molecule is CC#CC(=O)NCC(OC(C)C)c1ccccc1OC. The van der Waals surface area contributed by atoms with E-state index in [0.29, 0.717) is 6.54 Å². The summed E-state index contributed by atoms with van der Waals surface area (Å²) in [5.74, 6) is 5.45. The highest BCUT2D eigenvalue weighted by Gasteiger charge is 2.18. The standard InChI is InChI=1S/C16H21NO3/c1-5-8-16(18)17-11-15(20-12(2)3)13-9-6-7-10-14(13)19-4/h6-7,9-10,12,15H,11H2,1-4H3,(H,17,18). The highest BCUT2D eigenvalue weighted by atomic mass is 16.5. The average molecular weight is 275 g/mol. The van der Waals surface area contributed by atoms with Gasteiger partial charge in [-0.05, 0) is 32.8 Å². The van der Waals surface area contributed by atoms with Gasteiger partial charge in [-0.1, -0.05) is 24.1 Å². The first-order valence-electron chi connectivity index (χ1n) is 6.57. The van der Waals surface area contributed by atoms with Gasteiger partial charge in [0, 0.05) is 12.1 Å². The van der Waals surface area contributed by atoms with Crippen LogP contribution in [0.1, 0.15) is 32.4 Å². The summed E-state index contributed by atoms with van der Waals surface area (Å²) in [5, 5.41) is 2.75. The van der Waals surface area contributed by atoms with E-state index in [1.165, 1.54) is 0 Å². The van der Waals surface area contributed by atoms with Crippen molar-refractivity contribution in [2.75, 3.05) is 13.7 Å². The molecule has 0 aliphatic carbocycles. The maximum atomic E-state index is 11.4. The molecule has 4 nitrogen and oxygen atoms in total. The molecule has 1 aromatic carbocycles. The summed E-state index contributed by atoms with van der Waals surface area (Å²) in [6.45, 7) is 5.89. The van der Waals surface area contributed by atoms with Crippen LogP contribution in [0, 0.1) is 11.8 Å². The number of nitrogens with one attached hydrogen (secondary N) is 1. The third-order valence-corrected chi connectivity index (χ3v) is 2.61. The van der Waals surface area contributed by atoms with E-state index in [0.717, 1.165) is 11.3 Å². The number of carbonyl (C=O) groups is 1. The van der Waals surface area contributed by atoms with Crippen LogP contribution >= 0.6 is 0 Å². The van der Waals surface area contributed by atoms with Crippen molar-refractivity contribution in [2.45, 2.75) is 33.0 Å². The number of para-hydroxylation sites is 1. The van der Waals surface area contributed by atoms with Gasteiger partial charge in [-0.2, -0.15) is 0 Å². The Labute approximate surface area is 120 Å². The van der Waals surface area contributed by atoms with Crippen LogP contribution in [0.2, 0.25) is 0 Å². The molecule has 1 aromatic rings. The van der Waals surface area contributed by atoms with Gasteiger partial charge < -0.3 is 14.8 Å². The second-order valence-corrected chi connectivity index (χ2v) is 4.50. The van der Waals surface area contributed by atoms with Gasteiger partial charge >= 0.3 is 0 Å². The van der Waals surface area contributed by atoms with Gasteiger partial charge in [0.2, 0.25) is 0 Å². The van der Waals surface area contributed by atoms with Crippen LogP contribution < -0.4 is 10.1 Å². The van der Waals surface area contributed by atoms with Crippen LogP contribution in [-0.2, 0) is 9.53 Å². The zero-order valence-corrected chi connectivity index (χ0v) is 12.4. The Morgan fingerprint density at radius 3 is 2.65 bits per heavy atom. The van der Waals surface area contributed by atoms with Crippen molar-refractivity contribution in [3.8, 4) is 17.6 Å². The van der Waals surface area contributed by atoms with E-state index < -0.39 is 0 Å². The molecular weight excluding hydrogens is 254 g/mol. The van der Waals surface area contributed by atoms with Crippen LogP contribution in [0.15, 0.2) is 24.3 Å². The molecule has 1 amide bonds. The fourth-order valence-electron chi connectivity index (χ4n) is 1.84. The van der Waals surface area contributed by atoms with Gasteiger partial charge in [0.05, 0.1) is 13.2 Å². The molecule has 0 aliphatic rings. The molecule has 0 saturated heterocycles. The molecule has 0 spiro atoms. The average Bonchev–Trinajstić information content (AvgIpc) is 2.43. The van der Waals surface area contributed by atoms with Crippen LogP contribution in [-0.4, -0.2) is 25.7 Å². The zero-order valence-electron chi connectivity index (χ0n) is 12.4. The molecular formula is C16H21NO3. The molecule has 1 N–H and O–H groups in total. The summed E-state index contributed by atoms with van der Waals surface area (Å²) in [7, 11) is 1.62. The number of benzene rings is 1. The number of carbonyl (C=O) groups excluding carboxylic acids is 1. The lowest BCUT2D eigenvalue weighted by Crippen LogP contribution is -2.29. The van der Waals surface area contributed by atoms with Gasteiger partial charge in [0.25, 0.3) is 5.91 Å². The first-order chi connectivity index (χ1) is 9.58. The van der Waals surface area contributed by atoms with Crippen LogP contribution in [0.5, 0.6) is 5.75 Å². The van der Waals surface area contributed by atoms with Crippen molar-refractivity contribution in [1.82, 2.24) is 5.32 Å². The van der Waals surface area contributed by atoms with Gasteiger partial charge in [-0.15, -0.1) is 0 Å². The molecule has 0 aliphatic heterocycles. The molecule has 4 heteroatoms. The predicted octanol–water partition coefficient (Wildman–Crippen LogP) is 2.30. The quantitative estimate of drug-likeness (QED) is 0.810. The van der Waals surface area contributed by atoms with E-state index in [1.807, 2.05) is 38.1 Å². The Bertz CT molecular complexity index is 500. The Balaban J connectivity index is 2.87. The summed E-state index contributed by atoms with van der Waals surface area (Å²) in [4.78, 5) is 11.4. The van der Waals surface area contributed by atoms with Crippen molar-refractivity contribution in [2.24, 2.45) is 0 Å².